The van der Waals surface area contributed by atoms with Gasteiger partial charge >= 0.3 is 0 Å². The van der Waals surface area contributed by atoms with Crippen LogP contribution in [0, 0.1) is 0 Å². The molecule has 94 valence electrons. The van der Waals surface area contributed by atoms with Crippen LogP contribution < -0.4 is 10.5 Å². The molecule has 0 bridgehead atoms. The zero-order valence-corrected chi connectivity index (χ0v) is 12.1. The molecule has 0 amide bonds. The molecule has 1 aromatic rings. The number of thioether (sulfide) groups is 2. The molecule has 2 rings (SSSR count). The third-order valence-electron chi connectivity index (χ3n) is 2.80. The Bertz CT molecular complexity index is 383. The second kappa shape index (κ2) is 6.23. The van der Waals surface area contributed by atoms with Gasteiger partial charge in [-0.15, -0.1) is 0 Å². The Balaban J connectivity index is 2.15. The van der Waals surface area contributed by atoms with Crippen molar-refractivity contribution in [3.63, 3.8) is 0 Å². The number of hydrogen-bond acceptors (Lipinski definition) is 4. The van der Waals surface area contributed by atoms with Crippen molar-refractivity contribution < 1.29 is 4.74 Å². The molecule has 0 saturated carbocycles. The summed E-state index contributed by atoms with van der Waals surface area (Å²) in [6.07, 6.45) is 0. The van der Waals surface area contributed by atoms with Crippen molar-refractivity contribution >= 4 is 35.1 Å². The van der Waals surface area contributed by atoms with Gasteiger partial charge in [-0.1, -0.05) is 17.7 Å². The highest BCUT2D eigenvalue weighted by Gasteiger charge is 2.23. The van der Waals surface area contributed by atoms with Crippen LogP contribution in [0.2, 0.25) is 5.02 Å². The van der Waals surface area contributed by atoms with Gasteiger partial charge in [-0.3, -0.25) is 0 Å². The number of methoxy groups -OCH3 is 1. The maximum atomic E-state index is 6.31. The van der Waals surface area contributed by atoms with E-state index in [1.807, 2.05) is 41.7 Å². The van der Waals surface area contributed by atoms with Crippen LogP contribution in [-0.2, 0) is 0 Å². The monoisotopic (exact) mass is 289 g/mol. The van der Waals surface area contributed by atoms with Gasteiger partial charge in [-0.2, -0.15) is 23.5 Å². The Morgan fingerprint density at radius 2 is 2.29 bits per heavy atom. The van der Waals surface area contributed by atoms with Gasteiger partial charge in [-0.25, -0.2) is 0 Å². The Morgan fingerprint density at radius 3 is 2.94 bits per heavy atom. The van der Waals surface area contributed by atoms with Crippen molar-refractivity contribution in [1.82, 2.24) is 0 Å². The molecule has 0 spiro atoms. The molecule has 2 nitrogen and oxygen atoms in total. The molecule has 0 aromatic heterocycles. The van der Waals surface area contributed by atoms with E-state index in [-0.39, 0.29) is 6.04 Å². The smallest absolute Gasteiger partial charge is 0.137 e. The topological polar surface area (TPSA) is 35.2 Å². The van der Waals surface area contributed by atoms with E-state index in [0.29, 0.717) is 16.0 Å². The minimum atomic E-state index is 0.0546. The second-order valence-corrected chi connectivity index (χ2v) is 6.81. The zero-order chi connectivity index (χ0) is 12.3. The number of rotatable bonds is 3. The quantitative estimate of drug-likeness (QED) is 0.927. The van der Waals surface area contributed by atoms with Crippen molar-refractivity contribution in [2.45, 2.75) is 11.3 Å². The number of hydrogen-bond donors (Lipinski definition) is 1. The van der Waals surface area contributed by atoms with Crippen LogP contribution >= 0.6 is 35.1 Å². The van der Waals surface area contributed by atoms with Crippen LogP contribution in [0.25, 0.3) is 0 Å². The molecule has 1 aromatic carbocycles. The minimum absolute atomic E-state index is 0.0546. The van der Waals surface area contributed by atoms with Gasteiger partial charge < -0.3 is 10.5 Å². The highest BCUT2D eigenvalue weighted by Crippen LogP contribution is 2.34. The summed E-state index contributed by atoms with van der Waals surface area (Å²) in [6.45, 7) is 0. The van der Waals surface area contributed by atoms with Crippen molar-refractivity contribution in [3.8, 4) is 5.75 Å². The summed E-state index contributed by atoms with van der Waals surface area (Å²) in [7, 11) is 1.63. The van der Waals surface area contributed by atoms with Crippen LogP contribution in [0.4, 0.5) is 0 Å². The van der Waals surface area contributed by atoms with Gasteiger partial charge in [0, 0.05) is 28.6 Å². The van der Waals surface area contributed by atoms with Gasteiger partial charge in [0.25, 0.3) is 0 Å². The molecule has 17 heavy (non-hydrogen) atoms. The van der Waals surface area contributed by atoms with E-state index < -0.39 is 0 Å². The largest absolute Gasteiger partial charge is 0.495 e. The lowest BCUT2D eigenvalue weighted by molar-refractivity contribution is 0.414. The van der Waals surface area contributed by atoms with E-state index >= 15 is 0 Å². The SMILES string of the molecule is COc1cc(C(N)C2CSCCS2)ccc1Cl. The highest BCUT2D eigenvalue weighted by molar-refractivity contribution is 8.06. The van der Waals surface area contributed by atoms with Gasteiger partial charge in [0.05, 0.1) is 12.1 Å². The minimum Gasteiger partial charge on any atom is -0.495 e. The average Bonchev–Trinajstić information content (AvgIpc) is 2.39. The van der Waals surface area contributed by atoms with E-state index in [1.54, 1.807) is 7.11 Å². The normalized spacial score (nSPS) is 22.2. The predicted octanol–water partition coefficient (Wildman–Crippen LogP) is 3.20. The summed E-state index contributed by atoms with van der Waals surface area (Å²) >= 11 is 9.96. The first kappa shape index (κ1) is 13.4. The van der Waals surface area contributed by atoms with E-state index in [2.05, 4.69) is 0 Å². The molecule has 1 aliphatic heterocycles. The molecule has 2 N–H and O–H groups in total. The molecule has 0 radical (unpaired) electrons. The molecule has 0 aliphatic carbocycles. The molecule has 2 unspecified atom stereocenters. The van der Waals surface area contributed by atoms with E-state index in [1.165, 1.54) is 11.5 Å². The van der Waals surface area contributed by atoms with Gasteiger partial charge in [-0.05, 0) is 17.7 Å². The molecular weight excluding hydrogens is 274 g/mol. The van der Waals surface area contributed by atoms with Crippen LogP contribution in [0.15, 0.2) is 18.2 Å². The van der Waals surface area contributed by atoms with Crippen molar-refractivity contribution in [2.24, 2.45) is 5.73 Å². The van der Waals surface area contributed by atoms with Gasteiger partial charge in [0.2, 0.25) is 0 Å². The maximum absolute atomic E-state index is 6.31. The highest BCUT2D eigenvalue weighted by atomic mass is 35.5. The standard InChI is InChI=1S/C12H16ClNOS2/c1-15-10-6-8(2-3-9(10)13)12(14)11-7-16-4-5-17-11/h2-3,6,11-12H,4-5,7,14H2,1H3. The summed E-state index contributed by atoms with van der Waals surface area (Å²) in [5, 5.41) is 1.12. The number of benzene rings is 1. The van der Waals surface area contributed by atoms with E-state index in [9.17, 15) is 0 Å². The lowest BCUT2D eigenvalue weighted by atomic mass is 10.0. The summed E-state index contributed by atoms with van der Waals surface area (Å²) in [5.41, 5.74) is 7.41. The average molecular weight is 290 g/mol. The van der Waals surface area contributed by atoms with Crippen LogP contribution in [0.5, 0.6) is 5.75 Å². The molecule has 5 heteroatoms. The maximum Gasteiger partial charge on any atom is 0.137 e. The fraction of sp³-hybridized carbons (Fsp3) is 0.500. The van der Waals surface area contributed by atoms with Crippen LogP contribution in [0.3, 0.4) is 0 Å². The molecule has 1 fully saturated rings. The first-order valence-electron chi connectivity index (χ1n) is 5.50. The zero-order valence-electron chi connectivity index (χ0n) is 9.69. The molecular formula is C12H16ClNOS2. The first-order valence-corrected chi connectivity index (χ1v) is 8.09. The van der Waals surface area contributed by atoms with Crippen molar-refractivity contribution in [1.29, 1.82) is 0 Å². The molecule has 2 atom stereocenters. The van der Waals surface area contributed by atoms with Crippen molar-refractivity contribution in [2.75, 3.05) is 24.4 Å². The van der Waals surface area contributed by atoms with Gasteiger partial charge in [0.1, 0.15) is 5.75 Å². The van der Waals surface area contributed by atoms with E-state index in [4.69, 9.17) is 22.1 Å². The summed E-state index contributed by atoms with van der Waals surface area (Å²) < 4.78 is 5.22. The third-order valence-corrected chi connectivity index (χ3v) is 6.00. The summed E-state index contributed by atoms with van der Waals surface area (Å²) in [4.78, 5) is 0. The van der Waals surface area contributed by atoms with Crippen LogP contribution in [0.1, 0.15) is 11.6 Å². The fourth-order valence-corrected chi connectivity index (χ4v) is 4.81. The van der Waals surface area contributed by atoms with Gasteiger partial charge in [0.15, 0.2) is 0 Å². The number of halogens is 1. The Morgan fingerprint density at radius 1 is 1.47 bits per heavy atom. The summed E-state index contributed by atoms with van der Waals surface area (Å²) in [5.74, 6) is 4.25. The molecule has 1 saturated heterocycles. The second-order valence-electron chi connectivity index (χ2n) is 3.90. The first-order chi connectivity index (χ1) is 8.22. The molecule has 1 heterocycles. The Hall–Kier alpha value is -0.0300. The number of nitrogens with two attached hydrogens (primary N) is 1. The fourth-order valence-electron chi connectivity index (χ4n) is 1.81. The summed E-state index contributed by atoms with van der Waals surface area (Å²) in [6, 6.07) is 5.86. The molecule has 1 aliphatic rings. The Kier molecular flexibility index (Phi) is 4.91. The predicted molar refractivity (Wildman–Crippen MR) is 78.5 cm³/mol. The lowest BCUT2D eigenvalue weighted by Crippen LogP contribution is -2.28. The van der Waals surface area contributed by atoms with Crippen LogP contribution in [-0.4, -0.2) is 29.6 Å². The Labute approximate surface area is 116 Å². The van der Waals surface area contributed by atoms with E-state index in [0.717, 1.165) is 11.3 Å². The third kappa shape index (κ3) is 3.25. The van der Waals surface area contributed by atoms with Crippen molar-refractivity contribution in [3.05, 3.63) is 28.8 Å². The lowest BCUT2D eigenvalue weighted by Gasteiger charge is -2.27. The number of ether oxygens (including phenoxy) is 1.